The van der Waals surface area contributed by atoms with Crippen molar-refractivity contribution in [1.82, 2.24) is 14.9 Å². The first-order valence-electron chi connectivity index (χ1n) is 4.09. The third-order valence-corrected chi connectivity index (χ3v) is 1.52. The zero-order valence-electron chi connectivity index (χ0n) is 8.04. The highest BCUT2D eigenvalue weighted by Crippen LogP contribution is 1.98. The number of carboxylic acid groups (broad SMARTS) is 1. The van der Waals surface area contributed by atoms with Crippen molar-refractivity contribution < 1.29 is 14.7 Å². The maximum atomic E-state index is 11.3. The first-order chi connectivity index (χ1) is 7.09. The molecule has 0 saturated carbocycles. The van der Waals surface area contributed by atoms with Crippen molar-refractivity contribution in [2.45, 2.75) is 0 Å². The fraction of sp³-hybridized carbons (Fsp3) is 0.250. The van der Waals surface area contributed by atoms with Gasteiger partial charge in [0.05, 0.1) is 6.20 Å². The molecule has 0 fully saturated rings. The van der Waals surface area contributed by atoms with Crippen molar-refractivity contribution in [2.75, 3.05) is 18.9 Å². The van der Waals surface area contributed by atoms with Crippen molar-refractivity contribution >= 4 is 17.8 Å². The highest BCUT2D eigenvalue weighted by molar-refractivity contribution is 5.90. The number of aromatic nitrogens is 2. The van der Waals surface area contributed by atoms with Crippen LogP contribution in [0.4, 0.5) is 10.6 Å². The number of likely N-dealkylation sites (N-methyl/N-ethyl adjacent to an activating group) is 1. The van der Waals surface area contributed by atoms with Crippen LogP contribution in [0.25, 0.3) is 0 Å². The molecule has 0 aliphatic heterocycles. The molecule has 15 heavy (non-hydrogen) atoms. The predicted octanol–water partition coefficient (Wildman–Crippen LogP) is 0.0249. The summed E-state index contributed by atoms with van der Waals surface area (Å²) in [5.41, 5.74) is 0. The number of hydrogen-bond donors (Lipinski definition) is 2. The van der Waals surface area contributed by atoms with Crippen LogP contribution in [-0.2, 0) is 4.79 Å². The van der Waals surface area contributed by atoms with Gasteiger partial charge in [-0.25, -0.2) is 9.78 Å². The number of carbonyl (C=O) groups is 2. The lowest BCUT2D eigenvalue weighted by atomic mass is 10.5. The van der Waals surface area contributed by atoms with E-state index in [9.17, 15) is 9.59 Å². The minimum absolute atomic E-state index is 0.278. The zero-order valence-corrected chi connectivity index (χ0v) is 8.04. The highest BCUT2D eigenvalue weighted by Gasteiger charge is 2.11. The molecule has 0 aliphatic carbocycles. The topological polar surface area (TPSA) is 95.4 Å². The molecule has 1 aromatic rings. The maximum absolute atomic E-state index is 11.3. The standard InChI is InChI=1S/C8H10N4O3/c1-12(5-7(13)14)8(15)11-6-4-9-2-3-10-6/h2-4H,5H2,1H3,(H,13,14)(H,10,11,15). The summed E-state index contributed by atoms with van der Waals surface area (Å²) in [5, 5.41) is 10.8. The van der Waals surface area contributed by atoms with Gasteiger partial charge in [0.1, 0.15) is 6.54 Å². The van der Waals surface area contributed by atoms with E-state index in [2.05, 4.69) is 15.3 Å². The number of hydrogen-bond acceptors (Lipinski definition) is 4. The Balaban J connectivity index is 2.52. The molecule has 7 heteroatoms. The van der Waals surface area contributed by atoms with Crippen LogP contribution in [0.2, 0.25) is 0 Å². The number of amides is 2. The van der Waals surface area contributed by atoms with Crippen LogP contribution in [0.1, 0.15) is 0 Å². The van der Waals surface area contributed by atoms with Gasteiger partial charge in [-0.1, -0.05) is 0 Å². The van der Waals surface area contributed by atoms with E-state index in [-0.39, 0.29) is 12.4 Å². The number of carboxylic acids is 1. The minimum Gasteiger partial charge on any atom is -0.480 e. The van der Waals surface area contributed by atoms with Gasteiger partial charge in [-0.15, -0.1) is 0 Å². The van der Waals surface area contributed by atoms with Gasteiger partial charge < -0.3 is 10.0 Å². The molecule has 2 amide bonds. The minimum atomic E-state index is -1.08. The van der Waals surface area contributed by atoms with Gasteiger partial charge in [0.25, 0.3) is 0 Å². The first kappa shape index (κ1) is 10.9. The second kappa shape index (κ2) is 4.89. The van der Waals surface area contributed by atoms with Crippen LogP contribution in [0.3, 0.4) is 0 Å². The molecule has 1 heterocycles. The molecule has 0 spiro atoms. The Morgan fingerprint density at radius 1 is 1.53 bits per heavy atom. The first-order valence-corrected chi connectivity index (χ1v) is 4.09. The Bertz CT molecular complexity index is 354. The summed E-state index contributed by atoms with van der Waals surface area (Å²) in [6.07, 6.45) is 4.26. The number of aliphatic carboxylic acids is 1. The Kier molecular flexibility index (Phi) is 3.55. The summed E-state index contributed by atoms with van der Waals surface area (Å²) < 4.78 is 0. The Morgan fingerprint density at radius 2 is 2.27 bits per heavy atom. The fourth-order valence-electron chi connectivity index (χ4n) is 0.843. The van der Waals surface area contributed by atoms with E-state index in [4.69, 9.17) is 5.11 Å². The summed E-state index contributed by atoms with van der Waals surface area (Å²) in [6.45, 7) is -0.369. The molecule has 0 unspecified atom stereocenters. The van der Waals surface area contributed by atoms with Gasteiger partial charge in [-0.05, 0) is 0 Å². The van der Waals surface area contributed by atoms with Crippen LogP contribution in [0.5, 0.6) is 0 Å². The average Bonchev–Trinajstić information content (AvgIpc) is 2.18. The van der Waals surface area contributed by atoms with E-state index in [1.807, 2.05) is 0 Å². The van der Waals surface area contributed by atoms with Crippen LogP contribution in [0.15, 0.2) is 18.6 Å². The number of nitrogens with one attached hydrogen (secondary N) is 1. The van der Waals surface area contributed by atoms with Crippen molar-refractivity contribution in [1.29, 1.82) is 0 Å². The molecule has 0 radical (unpaired) electrons. The lowest BCUT2D eigenvalue weighted by Gasteiger charge is -2.14. The molecular weight excluding hydrogens is 200 g/mol. The second-order valence-corrected chi connectivity index (χ2v) is 2.77. The molecule has 1 rings (SSSR count). The Hall–Kier alpha value is -2.18. The summed E-state index contributed by atoms with van der Waals surface area (Å²) in [6, 6.07) is -0.544. The van der Waals surface area contributed by atoms with Gasteiger partial charge in [0.2, 0.25) is 0 Å². The normalized spacial score (nSPS) is 9.40. The molecule has 0 aliphatic rings. The lowest BCUT2D eigenvalue weighted by Crippen LogP contribution is -2.35. The summed E-state index contributed by atoms with van der Waals surface area (Å²) in [4.78, 5) is 30.2. The summed E-state index contributed by atoms with van der Waals surface area (Å²) in [7, 11) is 1.37. The summed E-state index contributed by atoms with van der Waals surface area (Å²) >= 11 is 0. The number of anilines is 1. The van der Waals surface area contributed by atoms with Crippen LogP contribution in [0, 0.1) is 0 Å². The number of rotatable bonds is 3. The second-order valence-electron chi connectivity index (χ2n) is 2.77. The van der Waals surface area contributed by atoms with E-state index in [1.165, 1.54) is 25.6 Å². The van der Waals surface area contributed by atoms with Gasteiger partial charge >= 0.3 is 12.0 Å². The van der Waals surface area contributed by atoms with E-state index < -0.39 is 12.0 Å². The third-order valence-electron chi connectivity index (χ3n) is 1.52. The van der Waals surface area contributed by atoms with Crippen molar-refractivity contribution in [3.05, 3.63) is 18.6 Å². The van der Waals surface area contributed by atoms with Gasteiger partial charge in [0.15, 0.2) is 5.82 Å². The van der Waals surface area contributed by atoms with Crippen LogP contribution in [-0.4, -0.2) is 45.6 Å². The molecule has 1 aromatic heterocycles. The third kappa shape index (κ3) is 3.59. The largest absolute Gasteiger partial charge is 0.480 e. The van der Waals surface area contributed by atoms with Gasteiger partial charge in [-0.3, -0.25) is 15.1 Å². The van der Waals surface area contributed by atoms with E-state index in [0.29, 0.717) is 0 Å². The molecule has 2 N–H and O–H groups in total. The lowest BCUT2D eigenvalue weighted by molar-refractivity contribution is -0.137. The van der Waals surface area contributed by atoms with E-state index in [1.54, 1.807) is 0 Å². The molecule has 0 saturated heterocycles. The van der Waals surface area contributed by atoms with Crippen molar-refractivity contribution in [2.24, 2.45) is 0 Å². The summed E-state index contributed by atoms with van der Waals surface area (Å²) in [5.74, 6) is -0.800. The SMILES string of the molecule is CN(CC(=O)O)C(=O)Nc1cnccn1. The number of carbonyl (C=O) groups excluding carboxylic acids is 1. The van der Waals surface area contributed by atoms with Gasteiger partial charge in [-0.2, -0.15) is 0 Å². The molecule has 0 bridgehead atoms. The number of nitrogens with zero attached hydrogens (tertiary/aromatic N) is 3. The average molecular weight is 210 g/mol. The van der Waals surface area contributed by atoms with E-state index >= 15 is 0 Å². The Labute approximate surface area is 85.8 Å². The number of urea groups is 1. The molecule has 0 aromatic carbocycles. The van der Waals surface area contributed by atoms with Crippen LogP contribution < -0.4 is 5.32 Å². The van der Waals surface area contributed by atoms with Gasteiger partial charge in [0, 0.05) is 19.4 Å². The quantitative estimate of drug-likeness (QED) is 0.733. The molecule has 0 atom stereocenters. The molecule has 80 valence electrons. The molecular formula is C8H10N4O3. The van der Waals surface area contributed by atoms with Crippen molar-refractivity contribution in [3.63, 3.8) is 0 Å². The zero-order chi connectivity index (χ0) is 11.3. The van der Waals surface area contributed by atoms with E-state index in [0.717, 1.165) is 4.90 Å². The highest BCUT2D eigenvalue weighted by atomic mass is 16.4. The predicted molar refractivity (Wildman–Crippen MR) is 51.3 cm³/mol. The Morgan fingerprint density at radius 3 is 2.80 bits per heavy atom. The smallest absolute Gasteiger partial charge is 0.323 e. The van der Waals surface area contributed by atoms with Crippen LogP contribution >= 0.6 is 0 Å². The van der Waals surface area contributed by atoms with Crippen molar-refractivity contribution in [3.8, 4) is 0 Å². The monoisotopic (exact) mass is 210 g/mol. The maximum Gasteiger partial charge on any atom is 0.323 e. The fourth-order valence-corrected chi connectivity index (χ4v) is 0.843. The molecule has 7 nitrogen and oxygen atoms in total.